The lowest BCUT2D eigenvalue weighted by molar-refractivity contribution is 0.0766. The molecule has 0 saturated heterocycles. The van der Waals surface area contributed by atoms with Crippen molar-refractivity contribution in [1.82, 2.24) is 5.32 Å². The van der Waals surface area contributed by atoms with E-state index in [9.17, 15) is 0 Å². The molecule has 0 aliphatic heterocycles. The van der Waals surface area contributed by atoms with Crippen molar-refractivity contribution in [1.29, 1.82) is 0 Å². The van der Waals surface area contributed by atoms with E-state index in [1.165, 1.54) is 44.9 Å². The second-order valence-electron chi connectivity index (χ2n) is 6.09. The van der Waals surface area contributed by atoms with Crippen LogP contribution in [0.3, 0.4) is 0 Å². The van der Waals surface area contributed by atoms with E-state index in [4.69, 9.17) is 4.74 Å². The third kappa shape index (κ3) is 7.38. The molecule has 0 aromatic heterocycles. The molecule has 1 N–H and O–H groups in total. The molecule has 1 rings (SSSR count). The Balaban J connectivity index is 2.04. The number of rotatable bonds is 8. The summed E-state index contributed by atoms with van der Waals surface area (Å²) in [5.74, 6) is 1.01. The minimum atomic E-state index is 0.373. The molecule has 1 saturated carbocycles. The lowest BCUT2D eigenvalue weighted by Crippen LogP contribution is -2.30. The predicted octanol–water partition coefficient (Wildman–Crippen LogP) is 4.14. The van der Waals surface area contributed by atoms with Gasteiger partial charge in [0.1, 0.15) is 0 Å². The van der Waals surface area contributed by atoms with Gasteiger partial charge in [0.05, 0.1) is 6.10 Å². The highest BCUT2D eigenvalue weighted by Crippen LogP contribution is 2.26. The van der Waals surface area contributed by atoms with E-state index in [1.807, 2.05) is 0 Å². The van der Waals surface area contributed by atoms with Crippen molar-refractivity contribution < 1.29 is 4.74 Å². The summed E-state index contributed by atoms with van der Waals surface area (Å²) in [6.07, 6.45) is 11.4. The molecule has 2 unspecified atom stereocenters. The Morgan fingerprint density at radius 1 is 1.17 bits per heavy atom. The maximum absolute atomic E-state index is 5.56. The van der Waals surface area contributed by atoms with Gasteiger partial charge in [-0.05, 0) is 52.0 Å². The predicted molar refractivity (Wildman–Crippen MR) is 79.0 cm³/mol. The molecule has 108 valence electrons. The van der Waals surface area contributed by atoms with Gasteiger partial charge < -0.3 is 10.1 Å². The molecule has 0 bridgehead atoms. The van der Waals surface area contributed by atoms with Crippen LogP contribution in [0.25, 0.3) is 0 Å². The van der Waals surface area contributed by atoms with Crippen molar-refractivity contribution in [3.63, 3.8) is 0 Å². The quantitative estimate of drug-likeness (QED) is 0.520. The van der Waals surface area contributed by atoms with E-state index in [-0.39, 0.29) is 0 Å². The van der Waals surface area contributed by atoms with Crippen LogP contribution in [0.2, 0.25) is 0 Å². The largest absolute Gasteiger partial charge is 0.379 e. The zero-order valence-corrected chi connectivity index (χ0v) is 12.7. The van der Waals surface area contributed by atoms with Gasteiger partial charge in [-0.15, -0.1) is 0 Å². The van der Waals surface area contributed by atoms with Crippen molar-refractivity contribution in [3.8, 4) is 0 Å². The molecule has 18 heavy (non-hydrogen) atoms. The van der Waals surface area contributed by atoms with Crippen molar-refractivity contribution in [2.75, 3.05) is 13.2 Å². The highest BCUT2D eigenvalue weighted by Gasteiger charge is 2.17. The second kappa shape index (κ2) is 9.80. The average molecular weight is 255 g/mol. The first-order valence-corrected chi connectivity index (χ1v) is 8.07. The molecule has 2 atom stereocenters. The monoisotopic (exact) mass is 255 g/mol. The van der Waals surface area contributed by atoms with Gasteiger partial charge in [0.15, 0.2) is 0 Å². The number of hydrogen-bond acceptors (Lipinski definition) is 2. The van der Waals surface area contributed by atoms with Gasteiger partial charge in [-0.3, -0.25) is 0 Å². The first kappa shape index (κ1) is 16.0. The zero-order chi connectivity index (χ0) is 13.2. The van der Waals surface area contributed by atoms with E-state index in [0.717, 1.165) is 31.5 Å². The van der Waals surface area contributed by atoms with E-state index >= 15 is 0 Å². The SMILES string of the molecule is CCCC1CCCC(NCCCOC(C)C)CC1. The van der Waals surface area contributed by atoms with Crippen LogP contribution in [0.5, 0.6) is 0 Å². The van der Waals surface area contributed by atoms with Crippen LogP contribution in [-0.2, 0) is 4.74 Å². The number of nitrogens with one attached hydrogen (secondary N) is 1. The summed E-state index contributed by atoms with van der Waals surface area (Å²) < 4.78 is 5.56. The lowest BCUT2D eigenvalue weighted by Gasteiger charge is -2.17. The van der Waals surface area contributed by atoms with Crippen LogP contribution >= 0.6 is 0 Å². The average Bonchev–Trinajstić information content (AvgIpc) is 2.55. The summed E-state index contributed by atoms with van der Waals surface area (Å²) in [6.45, 7) is 8.54. The Labute approximate surface area is 114 Å². The van der Waals surface area contributed by atoms with Crippen LogP contribution in [0.1, 0.15) is 72.1 Å². The molecule has 0 aromatic rings. The van der Waals surface area contributed by atoms with E-state index in [2.05, 4.69) is 26.1 Å². The maximum atomic E-state index is 5.56. The van der Waals surface area contributed by atoms with E-state index in [1.54, 1.807) is 0 Å². The summed E-state index contributed by atoms with van der Waals surface area (Å²) in [7, 11) is 0. The minimum Gasteiger partial charge on any atom is -0.379 e. The molecule has 0 aromatic carbocycles. The van der Waals surface area contributed by atoms with Gasteiger partial charge in [-0.2, -0.15) is 0 Å². The molecule has 0 radical (unpaired) electrons. The van der Waals surface area contributed by atoms with Crippen molar-refractivity contribution >= 4 is 0 Å². The minimum absolute atomic E-state index is 0.373. The summed E-state index contributed by atoms with van der Waals surface area (Å²) in [4.78, 5) is 0. The van der Waals surface area contributed by atoms with Crippen LogP contribution < -0.4 is 5.32 Å². The summed E-state index contributed by atoms with van der Waals surface area (Å²) in [5, 5.41) is 3.72. The van der Waals surface area contributed by atoms with Gasteiger partial charge in [0.2, 0.25) is 0 Å². The van der Waals surface area contributed by atoms with Crippen LogP contribution in [0.15, 0.2) is 0 Å². The highest BCUT2D eigenvalue weighted by molar-refractivity contribution is 4.74. The Hall–Kier alpha value is -0.0800. The normalized spacial score (nSPS) is 25.3. The standard InChI is InChI=1S/C16H33NO/c1-4-7-15-8-5-9-16(11-10-15)17-12-6-13-18-14(2)3/h14-17H,4-13H2,1-3H3. The fraction of sp³-hybridized carbons (Fsp3) is 1.00. The summed E-state index contributed by atoms with van der Waals surface area (Å²) in [5.41, 5.74) is 0. The first-order chi connectivity index (χ1) is 8.72. The van der Waals surface area contributed by atoms with Crippen LogP contribution in [-0.4, -0.2) is 25.3 Å². The smallest absolute Gasteiger partial charge is 0.0518 e. The molecular weight excluding hydrogens is 222 g/mol. The lowest BCUT2D eigenvalue weighted by atomic mass is 9.95. The molecule has 0 heterocycles. The van der Waals surface area contributed by atoms with Crippen molar-refractivity contribution in [2.24, 2.45) is 5.92 Å². The molecule has 1 aliphatic rings. The van der Waals surface area contributed by atoms with Gasteiger partial charge in [0.25, 0.3) is 0 Å². The fourth-order valence-corrected chi connectivity index (χ4v) is 2.98. The first-order valence-electron chi connectivity index (χ1n) is 8.07. The van der Waals surface area contributed by atoms with Crippen LogP contribution in [0, 0.1) is 5.92 Å². The highest BCUT2D eigenvalue weighted by atomic mass is 16.5. The number of ether oxygens (including phenoxy) is 1. The molecule has 1 fully saturated rings. The third-order valence-corrected chi connectivity index (χ3v) is 3.99. The molecular formula is C16H33NO. The second-order valence-corrected chi connectivity index (χ2v) is 6.09. The van der Waals surface area contributed by atoms with Gasteiger partial charge in [-0.1, -0.05) is 32.6 Å². The Kier molecular flexibility index (Phi) is 8.70. The molecule has 0 amide bonds. The summed E-state index contributed by atoms with van der Waals surface area (Å²) >= 11 is 0. The molecule has 0 spiro atoms. The zero-order valence-electron chi connectivity index (χ0n) is 12.7. The topological polar surface area (TPSA) is 21.3 Å². The third-order valence-electron chi connectivity index (χ3n) is 3.99. The van der Waals surface area contributed by atoms with E-state index in [0.29, 0.717) is 6.10 Å². The van der Waals surface area contributed by atoms with Gasteiger partial charge >= 0.3 is 0 Å². The van der Waals surface area contributed by atoms with E-state index < -0.39 is 0 Å². The Morgan fingerprint density at radius 2 is 2.00 bits per heavy atom. The molecule has 2 heteroatoms. The number of hydrogen-bond donors (Lipinski definition) is 1. The Morgan fingerprint density at radius 3 is 2.72 bits per heavy atom. The molecule has 1 aliphatic carbocycles. The summed E-state index contributed by atoms with van der Waals surface area (Å²) in [6, 6.07) is 0.769. The maximum Gasteiger partial charge on any atom is 0.0518 e. The Bertz CT molecular complexity index is 194. The van der Waals surface area contributed by atoms with Gasteiger partial charge in [-0.25, -0.2) is 0 Å². The van der Waals surface area contributed by atoms with Crippen molar-refractivity contribution in [2.45, 2.75) is 84.3 Å². The van der Waals surface area contributed by atoms with Crippen LogP contribution in [0.4, 0.5) is 0 Å². The fourth-order valence-electron chi connectivity index (χ4n) is 2.98. The molecule has 2 nitrogen and oxygen atoms in total. The van der Waals surface area contributed by atoms with Gasteiger partial charge in [0, 0.05) is 12.6 Å². The van der Waals surface area contributed by atoms with Crippen molar-refractivity contribution in [3.05, 3.63) is 0 Å².